The zero-order chi connectivity index (χ0) is 36.7. The number of hydrogen-bond donors (Lipinski definition) is 0. The molecule has 0 spiro atoms. The lowest BCUT2D eigenvalue weighted by Crippen LogP contribution is -2.66. The minimum atomic E-state index is -6.34. The first-order valence-corrected chi connectivity index (χ1v) is 13.7. The molecule has 0 heterocycles. The smallest absolute Gasteiger partial charge is 0.359 e. The highest BCUT2D eigenvalue weighted by Gasteiger charge is 2.80. The molecule has 0 aromatic carbocycles. The van der Waals surface area contributed by atoms with Gasteiger partial charge in [0, 0.05) is 26.1 Å². The van der Waals surface area contributed by atoms with Crippen LogP contribution in [-0.4, -0.2) is 76.1 Å². The molecule has 280 valence electrons. The predicted octanol–water partition coefficient (Wildman–Crippen LogP) is 9.68. The zero-order valence-electron chi connectivity index (χ0n) is 24.3. The zero-order valence-corrected chi connectivity index (χ0v) is 24.3. The predicted molar refractivity (Wildman–Crippen MR) is 121 cm³/mol. The first kappa shape index (κ1) is 41.7. The maximum absolute atomic E-state index is 14.7. The molecular weight excluding hydrogens is 706 g/mol. The minimum absolute atomic E-state index is 0.654. The summed E-state index contributed by atoms with van der Waals surface area (Å²) in [5.74, 6) is -11.0. The highest BCUT2D eigenvalue weighted by atomic mass is 19.4. The van der Waals surface area contributed by atoms with Gasteiger partial charge in [-0.3, -0.25) is 0 Å². The number of ether oxygens (including phenoxy) is 4. The van der Waals surface area contributed by atoms with E-state index >= 15 is 0 Å². The molecule has 0 aliphatic heterocycles. The Morgan fingerprint density at radius 1 is 0.362 bits per heavy atom. The molecule has 0 saturated heterocycles. The van der Waals surface area contributed by atoms with Crippen molar-refractivity contribution in [3.8, 4) is 0 Å². The SMILES string of the molecule is COCOC(C1CCC(C(C2CCC(C(OCOC)(C(F)(F)F)C(F)(F)F)CC2)(C(F)(F)F)C(F)(F)F)CC1)(C(F)(F)F)C(F)(F)F. The van der Waals surface area contributed by atoms with Crippen LogP contribution in [0.2, 0.25) is 0 Å². The van der Waals surface area contributed by atoms with E-state index in [4.69, 9.17) is 0 Å². The molecule has 0 aromatic heterocycles. The summed E-state index contributed by atoms with van der Waals surface area (Å²) in [6, 6.07) is 0. The van der Waals surface area contributed by atoms with Crippen molar-refractivity contribution < 1.29 is 98.0 Å². The summed E-state index contributed by atoms with van der Waals surface area (Å²) < 4.78 is 271. The summed E-state index contributed by atoms with van der Waals surface area (Å²) in [4.78, 5) is 0. The molecule has 2 rings (SSSR count). The van der Waals surface area contributed by atoms with Crippen LogP contribution in [0.5, 0.6) is 0 Å². The maximum atomic E-state index is 14.7. The Morgan fingerprint density at radius 3 is 0.745 bits per heavy atom. The van der Waals surface area contributed by atoms with Crippen LogP contribution in [0.3, 0.4) is 0 Å². The Morgan fingerprint density at radius 2 is 0.574 bits per heavy atom. The van der Waals surface area contributed by atoms with Crippen molar-refractivity contribution in [2.75, 3.05) is 27.8 Å². The molecular formula is C25H30F18O4. The Balaban J connectivity index is 2.57. The molecule has 47 heavy (non-hydrogen) atoms. The van der Waals surface area contributed by atoms with Crippen LogP contribution < -0.4 is 0 Å². The molecule has 2 aliphatic carbocycles. The van der Waals surface area contributed by atoms with Gasteiger partial charge in [0.15, 0.2) is 5.41 Å². The fourth-order valence-corrected chi connectivity index (χ4v) is 7.44. The van der Waals surface area contributed by atoms with Crippen molar-refractivity contribution in [1.82, 2.24) is 0 Å². The molecule has 2 saturated carbocycles. The highest BCUT2D eigenvalue weighted by Crippen LogP contribution is 2.67. The summed E-state index contributed by atoms with van der Waals surface area (Å²) in [7, 11) is 1.31. The lowest BCUT2D eigenvalue weighted by Gasteiger charge is -2.54. The van der Waals surface area contributed by atoms with Crippen molar-refractivity contribution in [2.24, 2.45) is 29.1 Å². The second kappa shape index (κ2) is 13.7. The van der Waals surface area contributed by atoms with Gasteiger partial charge in [0.2, 0.25) is 0 Å². The van der Waals surface area contributed by atoms with Gasteiger partial charge in [0.25, 0.3) is 11.2 Å². The first-order valence-electron chi connectivity index (χ1n) is 13.7. The van der Waals surface area contributed by atoms with Gasteiger partial charge >= 0.3 is 37.1 Å². The van der Waals surface area contributed by atoms with Crippen LogP contribution in [0.1, 0.15) is 51.4 Å². The average Bonchev–Trinajstić information content (AvgIpc) is 2.86. The Labute approximate surface area is 255 Å². The Hall–Kier alpha value is -1.42. The molecule has 22 heteroatoms. The van der Waals surface area contributed by atoms with Crippen LogP contribution >= 0.6 is 0 Å². The van der Waals surface area contributed by atoms with Gasteiger partial charge in [-0.15, -0.1) is 0 Å². The van der Waals surface area contributed by atoms with E-state index in [-0.39, 0.29) is 0 Å². The fourth-order valence-electron chi connectivity index (χ4n) is 7.44. The highest BCUT2D eigenvalue weighted by molar-refractivity contribution is 5.10. The van der Waals surface area contributed by atoms with E-state index in [1.807, 2.05) is 0 Å². The Kier molecular flexibility index (Phi) is 12.2. The van der Waals surface area contributed by atoms with Crippen LogP contribution in [0, 0.1) is 29.1 Å². The van der Waals surface area contributed by atoms with Crippen LogP contribution in [0.4, 0.5) is 79.0 Å². The van der Waals surface area contributed by atoms with Gasteiger partial charge in [-0.25, -0.2) is 0 Å². The van der Waals surface area contributed by atoms with E-state index in [0.29, 0.717) is 14.2 Å². The van der Waals surface area contributed by atoms with Gasteiger partial charge in [0.05, 0.1) is 0 Å². The number of methoxy groups -OCH3 is 2. The molecule has 0 unspecified atom stereocenters. The van der Waals surface area contributed by atoms with Crippen LogP contribution in [0.15, 0.2) is 0 Å². The quantitative estimate of drug-likeness (QED) is 0.166. The molecule has 0 aromatic rings. The maximum Gasteiger partial charge on any atom is 0.426 e. The second-order valence-electron chi connectivity index (χ2n) is 11.5. The second-order valence-corrected chi connectivity index (χ2v) is 11.5. The van der Waals surface area contributed by atoms with Gasteiger partial charge in [-0.05, 0) is 63.2 Å². The van der Waals surface area contributed by atoms with E-state index in [1.54, 1.807) is 0 Å². The fraction of sp³-hybridized carbons (Fsp3) is 1.00. The molecule has 2 aliphatic rings. The first-order chi connectivity index (χ1) is 21.0. The number of alkyl halides is 18. The summed E-state index contributed by atoms with van der Waals surface area (Å²) in [6.07, 6.45) is -49.9. The third kappa shape index (κ3) is 7.12. The van der Waals surface area contributed by atoms with E-state index in [2.05, 4.69) is 18.9 Å². The molecule has 0 bridgehead atoms. The van der Waals surface area contributed by atoms with E-state index in [9.17, 15) is 79.0 Å². The summed E-state index contributed by atoms with van der Waals surface area (Å²) in [5.41, 5.74) is -15.0. The van der Waals surface area contributed by atoms with Gasteiger partial charge < -0.3 is 18.9 Å². The molecule has 0 atom stereocenters. The molecule has 2 fully saturated rings. The molecule has 0 radical (unpaired) electrons. The molecule has 4 nitrogen and oxygen atoms in total. The largest absolute Gasteiger partial charge is 0.426 e. The third-order valence-electron chi connectivity index (χ3n) is 9.32. The summed E-state index contributed by atoms with van der Waals surface area (Å²) >= 11 is 0. The van der Waals surface area contributed by atoms with Gasteiger partial charge in [-0.2, -0.15) is 79.0 Å². The van der Waals surface area contributed by atoms with Crippen molar-refractivity contribution >= 4 is 0 Å². The van der Waals surface area contributed by atoms with Gasteiger partial charge in [-0.1, -0.05) is 0 Å². The normalized spacial score (nSPS) is 25.3. The molecule has 0 amide bonds. The third-order valence-corrected chi connectivity index (χ3v) is 9.32. The van der Waals surface area contributed by atoms with Crippen molar-refractivity contribution in [1.29, 1.82) is 0 Å². The van der Waals surface area contributed by atoms with Crippen LogP contribution in [0.25, 0.3) is 0 Å². The number of halogens is 18. The Bertz CT molecular complexity index is 886. The minimum Gasteiger partial charge on any atom is -0.359 e. The van der Waals surface area contributed by atoms with Crippen molar-refractivity contribution in [3.63, 3.8) is 0 Å². The monoisotopic (exact) mass is 736 g/mol. The summed E-state index contributed by atoms with van der Waals surface area (Å²) in [6.45, 7) is -3.22. The number of rotatable bonds is 10. The number of hydrogen-bond acceptors (Lipinski definition) is 4. The molecule has 0 N–H and O–H groups in total. The van der Waals surface area contributed by atoms with Crippen molar-refractivity contribution in [2.45, 2.75) is 99.6 Å². The van der Waals surface area contributed by atoms with E-state index in [0.717, 1.165) is 0 Å². The van der Waals surface area contributed by atoms with E-state index < -0.39 is 142 Å². The van der Waals surface area contributed by atoms with Gasteiger partial charge in [0.1, 0.15) is 13.6 Å². The topological polar surface area (TPSA) is 36.9 Å². The van der Waals surface area contributed by atoms with Crippen LogP contribution in [-0.2, 0) is 18.9 Å². The average molecular weight is 736 g/mol. The lowest BCUT2D eigenvalue weighted by molar-refractivity contribution is -0.417. The standard InChI is InChI=1S/C25H30F18O4/c1-44-11-46-18(22(32,33)34,23(35,36)37)15-7-3-13(4-8-15)17(20(26,27)28,21(29,30)31)14-5-9-16(10-6-14)19(24(38,39)40,25(41,42)43)47-12-45-2/h13-16H,3-12H2,1-2H3. The lowest BCUT2D eigenvalue weighted by atomic mass is 9.54. The summed E-state index contributed by atoms with van der Waals surface area (Å²) in [5, 5.41) is 0. The van der Waals surface area contributed by atoms with Crippen molar-refractivity contribution in [3.05, 3.63) is 0 Å². The van der Waals surface area contributed by atoms with E-state index in [1.165, 1.54) is 0 Å².